The van der Waals surface area contributed by atoms with E-state index in [2.05, 4.69) is 27.2 Å². The van der Waals surface area contributed by atoms with E-state index >= 15 is 0 Å². The van der Waals surface area contributed by atoms with Gasteiger partial charge in [0.05, 0.1) is 5.56 Å². The van der Waals surface area contributed by atoms with Crippen LogP contribution in [0.2, 0.25) is 12.6 Å². The Kier molecular flexibility index (Phi) is 4.71. The van der Waals surface area contributed by atoms with Crippen LogP contribution in [0.15, 0.2) is 16.6 Å². The van der Waals surface area contributed by atoms with Crippen molar-refractivity contribution in [1.29, 1.82) is 5.26 Å². The lowest BCUT2D eigenvalue weighted by Gasteiger charge is -2.24. The van der Waals surface area contributed by atoms with Crippen LogP contribution in [0.5, 0.6) is 0 Å². The predicted molar refractivity (Wildman–Crippen MR) is 84.8 cm³/mol. The Morgan fingerprint density at radius 3 is 2.70 bits per heavy atom. The Hall–Kier alpha value is -1.48. The zero-order valence-corrected chi connectivity index (χ0v) is 13.0. The molecule has 0 saturated carbocycles. The molecular formula is C14H17BBrN3O. The fourth-order valence-corrected chi connectivity index (χ4v) is 3.29. The number of nitrogens with two attached hydrogens (primary N) is 1. The summed E-state index contributed by atoms with van der Waals surface area (Å²) in [6, 6.07) is 3.78. The van der Waals surface area contributed by atoms with E-state index in [4.69, 9.17) is 11.0 Å². The van der Waals surface area contributed by atoms with E-state index in [0.717, 1.165) is 35.5 Å². The minimum Gasteiger partial charge on any atom is -0.398 e. The number of carbonyl (C=O) groups excluding carboxylic acids is 1. The molecule has 0 bridgehead atoms. The first-order chi connectivity index (χ1) is 9.51. The number of hydrogen-bond acceptors (Lipinski definition) is 3. The highest BCUT2D eigenvalue weighted by molar-refractivity contribution is 9.10. The number of nitriles is 1. The van der Waals surface area contributed by atoms with Crippen molar-refractivity contribution in [2.75, 3.05) is 5.73 Å². The van der Waals surface area contributed by atoms with Gasteiger partial charge in [-0.25, -0.2) is 5.26 Å². The van der Waals surface area contributed by atoms with Crippen LogP contribution >= 0.6 is 15.9 Å². The van der Waals surface area contributed by atoms with Gasteiger partial charge in [-0.3, -0.25) is 4.79 Å². The number of nitrogens with zero attached hydrogens (tertiary/aromatic N) is 1. The SMILES string of the molecule is Cc1cc(Br)cc(N)c1C(=O)NC1CCB(C#N)CC1. The van der Waals surface area contributed by atoms with Gasteiger partial charge in [-0.1, -0.05) is 28.6 Å². The van der Waals surface area contributed by atoms with E-state index in [1.165, 1.54) is 0 Å². The first-order valence-electron chi connectivity index (χ1n) is 6.77. The molecule has 1 heterocycles. The van der Waals surface area contributed by atoms with Crippen LogP contribution in [0.25, 0.3) is 0 Å². The van der Waals surface area contributed by atoms with Crippen LogP contribution in [0.1, 0.15) is 28.8 Å². The van der Waals surface area contributed by atoms with Crippen LogP contribution in [0, 0.1) is 18.2 Å². The summed E-state index contributed by atoms with van der Waals surface area (Å²) in [6.45, 7) is 2.02. The zero-order valence-electron chi connectivity index (χ0n) is 11.4. The average Bonchev–Trinajstić information content (AvgIpc) is 2.38. The standard InChI is InChI=1S/C14H17BBrN3O/c1-9-6-10(16)7-12(18)13(9)14(20)19-11-2-4-15(8-17)5-3-11/h6-7,11H,2-5,18H2,1H3,(H,19,20). The highest BCUT2D eigenvalue weighted by Crippen LogP contribution is 2.24. The summed E-state index contributed by atoms with van der Waals surface area (Å²) < 4.78 is 0.874. The maximum atomic E-state index is 12.3. The van der Waals surface area contributed by atoms with Gasteiger partial charge >= 0.3 is 0 Å². The molecule has 0 unspecified atom stereocenters. The monoisotopic (exact) mass is 333 g/mol. The molecule has 0 aromatic heterocycles. The predicted octanol–water partition coefficient (Wildman–Crippen LogP) is 2.79. The second kappa shape index (κ2) is 6.32. The molecule has 0 spiro atoms. The molecular weight excluding hydrogens is 317 g/mol. The van der Waals surface area contributed by atoms with E-state index in [9.17, 15) is 4.79 Å². The summed E-state index contributed by atoms with van der Waals surface area (Å²) in [4.78, 5) is 12.3. The van der Waals surface area contributed by atoms with Gasteiger partial charge in [0.2, 0.25) is 0 Å². The number of rotatable bonds is 2. The number of nitrogens with one attached hydrogen (secondary N) is 1. The Balaban J connectivity index is 2.05. The van der Waals surface area contributed by atoms with Gasteiger partial charge in [-0.05, 0) is 37.5 Å². The number of benzene rings is 1. The Morgan fingerprint density at radius 2 is 2.15 bits per heavy atom. The molecule has 1 aliphatic heterocycles. The number of nitrogen functional groups attached to an aromatic ring is 1. The molecule has 3 N–H and O–H groups in total. The fraction of sp³-hybridized carbons (Fsp3) is 0.429. The molecule has 4 nitrogen and oxygen atoms in total. The number of carbonyl (C=O) groups is 1. The van der Waals surface area contributed by atoms with Gasteiger partial charge in [-0.2, -0.15) is 0 Å². The smallest absolute Gasteiger partial charge is 0.268 e. The first kappa shape index (κ1) is 14.9. The molecule has 1 saturated heterocycles. The summed E-state index contributed by atoms with van der Waals surface area (Å²) in [6.07, 6.45) is 3.44. The van der Waals surface area contributed by atoms with Gasteiger partial charge < -0.3 is 11.1 Å². The molecule has 0 atom stereocenters. The summed E-state index contributed by atoms with van der Waals surface area (Å²) >= 11 is 3.37. The van der Waals surface area contributed by atoms with Crippen molar-refractivity contribution in [3.05, 3.63) is 27.7 Å². The van der Waals surface area contributed by atoms with E-state index < -0.39 is 0 Å². The molecule has 1 aromatic carbocycles. The molecule has 2 rings (SSSR count). The normalized spacial score (nSPS) is 15.8. The number of anilines is 1. The highest BCUT2D eigenvalue weighted by atomic mass is 79.9. The van der Waals surface area contributed by atoms with Gasteiger partial charge in [0, 0.05) is 22.2 Å². The van der Waals surface area contributed by atoms with Crippen molar-refractivity contribution in [2.45, 2.75) is 38.4 Å². The molecule has 1 aromatic rings. The summed E-state index contributed by atoms with van der Waals surface area (Å²) in [5.41, 5.74) is 7.84. The Morgan fingerprint density at radius 1 is 1.50 bits per heavy atom. The largest absolute Gasteiger partial charge is 0.398 e. The van der Waals surface area contributed by atoms with Crippen LogP contribution in [0.3, 0.4) is 0 Å². The number of hydrogen-bond donors (Lipinski definition) is 2. The number of amides is 1. The molecule has 1 fully saturated rings. The lowest BCUT2D eigenvalue weighted by molar-refractivity contribution is 0.0934. The Labute approximate surface area is 127 Å². The second-order valence-corrected chi connectivity index (χ2v) is 6.25. The van der Waals surface area contributed by atoms with E-state index in [-0.39, 0.29) is 18.7 Å². The second-order valence-electron chi connectivity index (χ2n) is 5.34. The molecule has 0 aliphatic carbocycles. The van der Waals surface area contributed by atoms with Crippen molar-refractivity contribution < 1.29 is 4.79 Å². The topological polar surface area (TPSA) is 78.9 Å². The van der Waals surface area contributed by atoms with Crippen LogP contribution in [-0.2, 0) is 0 Å². The molecule has 104 valence electrons. The highest BCUT2D eigenvalue weighted by Gasteiger charge is 2.26. The maximum Gasteiger partial charge on any atom is 0.268 e. The van der Waals surface area contributed by atoms with E-state index in [1.807, 2.05) is 13.0 Å². The summed E-state index contributed by atoms with van der Waals surface area (Å²) in [5, 5.41) is 11.9. The maximum absolute atomic E-state index is 12.3. The minimum absolute atomic E-state index is 0.118. The molecule has 1 aliphatic rings. The third-order valence-corrected chi connectivity index (χ3v) is 4.26. The lowest BCUT2D eigenvalue weighted by atomic mass is 9.42. The van der Waals surface area contributed by atoms with Crippen molar-refractivity contribution in [3.63, 3.8) is 0 Å². The van der Waals surface area contributed by atoms with Crippen molar-refractivity contribution in [3.8, 4) is 5.97 Å². The lowest BCUT2D eigenvalue weighted by Crippen LogP contribution is -2.39. The van der Waals surface area contributed by atoms with Gasteiger partial charge in [0.25, 0.3) is 12.6 Å². The van der Waals surface area contributed by atoms with Crippen LogP contribution < -0.4 is 11.1 Å². The van der Waals surface area contributed by atoms with Crippen molar-refractivity contribution in [2.24, 2.45) is 0 Å². The average molecular weight is 334 g/mol. The number of aryl methyl sites for hydroxylation is 1. The molecule has 6 heteroatoms. The van der Waals surface area contributed by atoms with Gasteiger partial charge in [-0.15, -0.1) is 0 Å². The fourth-order valence-electron chi connectivity index (χ4n) is 2.70. The third kappa shape index (κ3) is 3.34. The van der Waals surface area contributed by atoms with Crippen LogP contribution in [-0.4, -0.2) is 18.7 Å². The van der Waals surface area contributed by atoms with Gasteiger partial charge in [0.1, 0.15) is 0 Å². The summed E-state index contributed by atoms with van der Waals surface area (Å²) in [5.74, 6) is 2.18. The van der Waals surface area contributed by atoms with Gasteiger partial charge in [0.15, 0.2) is 0 Å². The quantitative estimate of drug-likeness (QED) is 0.645. The Bertz CT molecular complexity index is 539. The zero-order chi connectivity index (χ0) is 14.7. The van der Waals surface area contributed by atoms with Crippen molar-refractivity contribution in [1.82, 2.24) is 5.32 Å². The van der Waals surface area contributed by atoms with E-state index in [1.54, 1.807) is 6.07 Å². The van der Waals surface area contributed by atoms with Crippen molar-refractivity contribution >= 4 is 34.2 Å². The molecule has 20 heavy (non-hydrogen) atoms. The minimum atomic E-state index is -0.118. The van der Waals surface area contributed by atoms with E-state index in [0.29, 0.717) is 11.3 Å². The molecule has 1 amide bonds. The number of halogens is 1. The van der Waals surface area contributed by atoms with Crippen LogP contribution in [0.4, 0.5) is 5.69 Å². The third-order valence-electron chi connectivity index (χ3n) is 3.80. The first-order valence-corrected chi connectivity index (χ1v) is 7.56. The molecule has 0 radical (unpaired) electrons. The summed E-state index contributed by atoms with van der Waals surface area (Å²) in [7, 11) is 0.